The normalized spacial score (nSPS) is 11.6. The van der Waals surface area contributed by atoms with Crippen molar-refractivity contribution in [3.05, 3.63) is 56.4 Å². The average Bonchev–Trinajstić information content (AvgIpc) is 3.34. The van der Waals surface area contributed by atoms with E-state index >= 15 is 0 Å². The lowest BCUT2D eigenvalue weighted by atomic mass is 10.2. The minimum absolute atomic E-state index is 0.0349. The largest absolute Gasteiger partial charge is 0.338 e. The Hall–Kier alpha value is -1.97. The number of rotatable bonds is 6. The Bertz CT molecular complexity index is 1170. The van der Waals surface area contributed by atoms with Crippen molar-refractivity contribution in [1.29, 1.82) is 0 Å². The molecule has 0 saturated heterocycles. The maximum atomic E-state index is 13.0. The van der Waals surface area contributed by atoms with Gasteiger partial charge in [-0.1, -0.05) is 52.8 Å². The number of benzene rings is 1. The molecule has 0 radical (unpaired) electrons. The van der Waals surface area contributed by atoms with Crippen LogP contribution in [0.4, 0.5) is 0 Å². The maximum Gasteiger partial charge on any atom is 0.262 e. The van der Waals surface area contributed by atoms with Crippen LogP contribution in [0, 0.1) is 5.92 Å². The Balaban J connectivity index is 1.65. The highest BCUT2D eigenvalue weighted by atomic mass is 79.9. The van der Waals surface area contributed by atoms with Crippen LogP contribution in [-0.4, -0.2) is 19.7 Å². The second-order valence-corrected chi connectivity index (χ2v) is 9.45. The zero-order valence-corrected chi connectivity index (χ0v) is 18.5. The van der Waals surface area contributed by atoms with Crippen molar-refractivity contribution < 1.29 is 4.52 Å². The fourth-order valence-corrected chi connectivity index (χ4v) is 4.61. The maximum absolute atomic E-state index is 13.0. The van der Waals surface area contributed by atoms with Crippen LogP contribution >= 0.6 is 39.0 Å². The van der Waals surface area contributed by atoms with Gasteiger partial charge in [-0.2, -0.15) is 4.98 Å². The molecule has 0 aliphatic heterocycles. The molecule has 6 nitrogen and oxygen atoms in total. The van der Waals surface area contributed by atoms with Gasteiger partial charge in [-0.15, -0.1) is 11.3 Å². The van der Waals surface area contributed by atoms with Gasteiger partial charge in [0.2, 0.25) is 11.7 Å². The SMILES string of the molecule is CC(C)Cn1c(SCc2nc(-c3cccs3)no2)nc2ccc(Br)cc2c1=O. The van der Waals surface area contributed by atoms with Crippen LogP contribution in [-0.2, 0) is 12.3 Å². The molecule has 4 aromatic rings. The van der Waals surface area contributed by atoms with Gasteiger partial charge in [-0.05, 0) is 35.6 Å². The van der Waals surface area contributed by atoms with Crippen molar-refractivity contribution in [2.75, 3.05) is 0 Å². The van der Waals surface area contributed by atoms with E-state index in [0.29, 0.717) is 46.0 Å². The van der Waals surface area contributed by atoms with Crippen molar-refractivity contribution in [3.63, 3.8) is 0 Å². The second kappa shape index (κ2) is 8.18. The van der Waals surface area contributed by atoms with Gasteiger partial charge < -0.3 is 4.52 Å². The monoisotopic (exact) mass is 476 g/mol. The van der Waals surface area contributed by atoms with Crippen molar-refractivity contribution in [2.45, 2.75) is 31.3 Å². The summed E-state index contributed by atoms with van der Waals surface area (Å²) in [5.41, 5.74) is 0.646. The van der Waals surface area contributed by atoms with E-state index in [1.165, 1.54) is 11.8 Å². The van der Waals surface area contributed by atoms with E-state index in [9.17, 15) is 4.79 Å². The standard InChI is InChI=1S/C19H17BrN4O2S2/c1-11(2)9-24-18(25)13-8-12(20)5-6-14(13)21-19(24)28-10-16-22-17(23-26-16)15-4-3-7-27-15/h3-8,11H,9-10H2,1-2H3. The lowest BCUT2D eigenvalue weighted by molar-refractivity contribution is 0.391. The van der Waals surface area contributed by atoms with Crippen LogP contribution in [0.2, 0.25) is 0 Å². The minimum Gasteiger partial charge on any atom is -0.338 e. The number of thioether (sulfide) groups is 1. The average molecular weight is 477 g/mol. The number of nitrogens with zero attached hydrogens (tertiary/aromatic N) is 4. The summed E-state index contributed by atoms with van der Waals surface area (Å²) in [5, 5.41) is 7.28. The highest BCUT2D eigenvalue weighted by Crippen LogP contribution is 2.26. The van der Waals surface area contributed by atoms with Gasteiger partial charge in [0.05, 0.1) is 21.5 Å². The molecule has 0 fully saturated rings. The Kier molecular flexibility index (Phi) is 5.65. The van der Waals surface area contributed by atoms with Crippen LogP contribution < -0.4 is 5.56 Å². The summed E-state index contributed by atoms with van der Waals surface area (Å²) in [7, 11) is 0. The summed E-state index contributed by atoms with van der Waals surface area (Å²) in [6, 6.07) is 9.47. The molecule has 9 heteroatoms. The fourth-order valence-electron chi connectivity index (χ4n) is 2.75. The number of hydrogen-bond donors (Lipinski definition) is 0. The van der Waals surface area contributed by atoms with Crippen LogP contribution in [0.1, 0.15) is 19.7 Å². The van der Waals surface area contributed by atoms with Gasteiger partial charge in [-0.3, -0.25) is 9.36 Å². The summed E-state index contributed by atoms with van der Waals surface area (Å²) in [5.74, 6) is 1.86. The predicted octanol–water partition coefficient (Wildman–Crippen LogP) is 5.22. The van der Waals surface area contributed by atoms with E-state index in [4.69, 9.17) is 9.51 Å². The molecular formula is C19H17BrN4O2S2. The van der Waals surface area contributed by atoms with E-state index in [-0.39, 0.29) is 5.56 Å². The first kappa shape index (κ1) is 19.4. The number of fused-ring (bicyclic) bond motifs is 1. The van der Waals surface area contributed by atoms with E-state index in [2.05, 4.69) is 39.9 Å². The molecular weight excluding hydrogens is 460 g/mol. The molecule has 28 heavy (non-hydrogen) atoms. The third kappa shape index (κ3) is 4.06. The molecule has 0 unspecified atom stereocenters. The molecule has 0 amide bonds. The quantitative estimate of drug-likeness (QED) is 0.280. The molecule has 1 aromatic carbocycles. The van der Waals surface area contributed by atoms with Gasteiger partial charge in [0.15, 0.2) is 5.16 Å². The number of thiophene rings is 1. The van der Waals surface area contributed by atoms with Crippen molar-refractivity contribution >= 4 is 49.9 Å². The van der Waals surface area contributed by atoms with Crippen molar-refractivity contribution in [2.24, 2.45) is 5.92 Å². The van der Waals surface area contributed by atoms with Crippen molar-refractivity contribution in [1.82, 2.24) is 19.7 Å². The van der Waals surface area contributed by atoms with Crippen LogP contribution in [0.25, 0.3) is 21.6 Å². The van der Waals surface area contributed by atoms with Crippen LogP contribution in [0.3, 0.4) is 0 Å². The Morgan fingerprint density at radius 1 is 1.29 bits per heavy atom. The molecule has 0 spiro atoms. The van der Waals surface area contributed by atoms with Gasteiger partial charge in [0, 0.05) is 11.0 Å². The molecule has 0 atom stereocenters. The van der Waals surface area contributed by atoms with Gasteiger partial charge in [-0.25, -0.2) is 4.98 Å². The summed E-state index contributed by atoms with van der Waals surface area (Å²) in [4.78, 5) is 23.2. The molecule has 3 heterocycles. The van der Waals surface area contributed by atoms with E-state index in [0.717, 1.165) is 9.35 Å². The van der Waals surface area contributed by atoms with Gasteiger partial charge >= 0.3 is 0 Å². The third-order valence-electron chi connectivity index (χ3n) is 3.96. The highest BCUT2D eigenvalue weighted by Gasteiger charge is 2.16. The molecule has 0 bridgehead atoms. The van der Waals surface area contributed by atoms with Gasteiger partial charge in [0.25, 0.3) is 5.56 Å². The molecule has 0 N–H and O–H groups in total. The zero-order valence-electron chi connectivity index (χ0n) is 15.3. The van der Waals surface area contributed by atoms with E-state index in [1.807, 2.05) is 35.7 Å². The Labute approximate surface area is 178 Å². The fraction of sp³-hybridized carbons (Fsp3) is 0.263. The second-order valence-electron chi connectivity index (χ2n) is 6.64. The first-order chi connectivity index (χ1) is 13.5. The smallest absolute Gasteiger partial charge is 0.262 e. The molecule has 0 aliphatic rings. The first-order valence-corrected chi connectivity index (χ1v) is 11.4. The van der Waals surface area contributed by atoms with Crippen LogP contribution in [0.5, 0.6) is 0 Å². The molecule has 0 saturated carbocycles. The van der Waals surface area contributed by atoms with Crippen molar-refractivity contribution in [3.8, 4) is 10.7 Å². The summed E-state index contributed by atoms with van der Waals surface area (Å²) >= 11 is 6.43. The topological polar surface area (TPSA) is 73.8 Å². The lowest BCUT2D eigenvalue weighted by Crippen LogP contribution is -2.25. The lowest BCUT2D eigenvalue weighted by Gasteiger charge is -2.14. The Morgan fingerprint density at radius 2 is 2.14 bits per heavy atom. The van der Waals surface area contributed by atoms with E-state index in [1.54, 1.807) is 15.9 Å². The molecule has 3 aromatic heterocycles. The summed E-state index contributed by atoms with van der Waals surface area (Å²) in [6.45, 7) is 4.76. The Morgan fingerprint density at radius 3 is 2.89 bits per heavy atom. The summed E-state index contributed by atoms with van der Waals surface area (Å²) < 4.78 is 7.97. The first-order valence-electron chi connectivity index (χ1n) is 8.70. The van der Waals surface area contributed by atoms with E-state index < -0.39 is 0 Å². The number of aromatic nitrogens is 4. The van der Waals surface area contributed by atoms with Gasteiger partial charge in [0.1, 0.15) is 0 Å². The highest BCUT2D eigenvalue weighted by molar-refractivity contribution is 9.10. The zero-order chi connectivity index (χ0) is 19.7. The minimum atomic E-state index is -0.0349. The van der Waals surface area contributed by atoms with Crippen LogP contribution in [0.15, 0.2) is 54.7 Å². The predicted molar refractivity (Wildman–Crippen MR) is 116 cm³/mol. The molecule has 144 valence electrons. The number of halogens is 1. The summed E-state index contributed by atoms with van der Waals surface area (Å²) in [6.07, 6.45) is 0. The molecule has 4 rings (SSSR count). The third-order valence-corrected chi connectivity index (χ3v) is 6.28. The number of hydrogen-bond acceptors (Lipinski definition) is 7. The molecule has 0 aliphatic carbocycles.